The predicted octanol–water partition coefficient (Wildman–Crippen LogP) is 16.8. The van der Waals surface area contributed by atoms with Gasteiger partial charge in [0.05, 0.1) is 55.9 Å². The van der Waals surface area contributed by atoms with Crippen molar-refractivity contribution in [3.05, 3.63) is 278 Å². The van der Waals surface area contributed by atoms with Gasteiger partial charge in [0.25, 0.3) is 0 Å². The lowest BCUT2D eigenvalue weighted by Gasteiger charge is -2.47. The smallest absolute Gasteiger partial charge is 0.110 e. The van der Waals surface area contributed by atoms with Gasteiger partial charge in [-0.05, 0) is 108 Å². The molecule has 2 atom stereocenters. The molecule has 2 aliphatic rings. The van der Waals surface area contributed by atoms with E-state index >= 15 is 0 Å². The first-order chi connectivity index (χ1) is 39.2. The highest BCUT2D eigenvalue weighted by atomic mass is 32.2. The lowest BCUT2D eigenvalue weighted by molar-refractivity contribution is 0.498. The number of nitrogens with zero attached hydrogens (tertiary/aromatic N) is 8. The molecule has 370 valence electrons. The number of rotatable bonds is 6. The van der Waals surface area contributed by atoms with E-state index in [0.717, 1.165) is 121 Å². The van der Waals surface area contributed by atoms with Crippen LogP contribution in [0.1, 0.15) is 34.0 Å². The number of hydrogen-bond donors (Lipinski definition) is 0. The summed E-state index contributed by atoms with van der Waals surface area (Å²) in [6, 6.07) is 74.8. The van der Waals surface area contributed by atoms with Crippen molar-refractivity contribution in [2.45, 2.75) is 31.0 Å². The number of benzene rings is 6. The van der Waals surface area contributed by atoms with E-state index in [4.69, 9.17) is 24.9 Å². The zero-order chi connectivity index (χ0) is 51.8. The molecule has 0 aliphatic carbocycles. The van der Waals surface area contributed by atoms with Crippen molar-refractivity contribution in [2.75, 3.05) is 4.90 Å². The summed E-state index contributed by atoms with van der Waals surface area (Å²) in [5.74, 6) is -0.482. The number of aromatic nitrogens is 7. The van der Waals surface area contributed by atoms with Crippen molar-refractivity contribution in [1.29, 1.82) is 0 Å². The molecule has 2 aliphatic heterocycles. The summed E-state index contributed by atoms with van der Waals surface area (Å²) in [5, 5.41) is 7.28. The topological polar surface area (TPSA) is 76.5 Å². The van der Waals surface area contributed by atoms with E-state index in [2.05, 4.69) is 233 Å². The van der Waals surface area contributed by atoms with Crippen LogP contribution < -0.4 is 4.90 Å². The highest BCUT2D eigenvalue weighted by molar-refractivity contribution is 8.05. The fourth-order valence-corrected chi connectivity index (χ4v) is 15.5. The highest BCUT2D eigenvalue weighted by Crippen LogP contribution is 2.67. The maximum atomic E-state index is 5.95. The second kappa shape index (κ2) is 17.2. The standard InChI is InChI=1S/C69H42N8S2/c1-2-16-47-46(13-1)41-72-51-18-10-21-56(60(47)51)77-67(53-32-30-45-28-26-43-15-12-36-71-64(43)66(45)74-53)61(52-31-29-44-27-25-42-14-11-35-70-63(42)65(44)73-52)62(48-33-39-75-37-7-5-19-54(48)75)69(77,49-34-40-76-38-8-6-20-55(49)76)50-17-9-24-59-68(50)79-58-23-4-3-22-57(58)78-59/h1-41,62H. The van der Waals surface area contributed by atoms with Crippen molar-refractivity contribution >= 4 is 117 Å². The van der Waals surface area contributed by atoms with Gasteiger partial charge in [-0.3, -0.25) is 15.0 Å². The summed E-state index contributed by atoms with van der Waals surface area (Å²) < 4.78 is 4.55. The van der Waals surface area contributed by atoms with Crippen LogP contribution in [0.3, 0.4) is 0 Å². The predicted molar refractivity (Wildman–Crippen MR) is 322 cm³/mol. The minimum atomic E-state index is -1.11. The Morgan fingerprint density at radius 2 is 1.03 bits per heavy atom. The summed E-state index contributed by atoms with van der Waals surface area (Å²) in [7, 11) is 0. The zero-order valence-corrected chi connectivity index (χ0v) is 43.8. The third kappa shape index (κ3) is 6.50. The molecule has 79 heavy (non-hydrogen) atoms. The fraction of sp³-hybridized carbons (Fsp3) is 0.0290. The van der Waals surface area contributed by atoms with Gasteiger partial charge in [-0.25, -0.2) is 9.97 Å². The van der Waals surface area contributed by atoms with Gasteiger partial charge in [-0.2, -0.15) is 0 Å². The normalized spacial score (nSPS) is 16.4. The molecule has 0 spiro atoms. The third-order valence-electron chi connectivity index (χ3n) is 16.3. The average molecular weight is 1050 g/mol. The Balaban J connectivity index is 1.14. The van der Waals surface area contributed by atoms with E-state index < -0.39 is 11.5 Å². The molecule has 8 nitrogen and oxygen atoms in total. The second-order valence-corrected chi connectivity index (χ2v) is 22.5. The monoisotopic (exact) mass is 1050 g/mol. The van der Waals surface area contributed by atoms with E-state index in [1.165, 1.54) is 19.6 Å². The fourth-order valence-electron chi connectivity index (χ4n) is 13.0. The third-order valence-corrected chi connectivity index (χ3v) is 18.9. The van der Waals surface area contributed by atoms with E-state index in [1.54, 1.807) is 0 Å². The zero-order valence-electron chi connectivity index (χ0n) is 42.1. The molecule has 6 aromatic carbocycles. The van der Waals surface area contributed by atoms with Crippen LogP contribution >= 0.6 is 23.5 Å². The molecule has 0 fully saturated rings. The molecular formula is C69H42N8S2. The summed E-state index contributed by atoms with van der Waals surface area (Å²) in [4.78, 5) is 34.8. The van der Waals surface area contributed by atoms with Crippen LogP contribution in [-0.4, -0.2) is 33.7 Å². The van der Waals surface area contributed by atoms with E-state index in [0.29, 0.717) is 0 Å². The largest absolute Gasteiger partial charge is 0.324 e. The van der Waals surface area contributed by atoms with Gasteiger partial charge < -0.3 is 13.7 Å². The Morgan fingerprint density at radius 3 is 1.81 bits per heavy atom. The highest BCUT2D eigenvalue weighted by Gasteiger charge is 2.60. The summed E-state index contributed by atoms with van der Waals surface area (Å²) in [6.07, 6.45) is 14.6. The van der Waals surface area contributed by atoms with Crippen LogP contribution in [0.4, 0.5) is 5.69 Å². The first-order valence-corrected chi connectivity index (χ1v) is 28.1. The quantitative estimate of drug-likeness (QED) is 0.153. The molecule has 11 heterocycles. The molecule has 0 radical (unpaired) electrons. The van der Waals surface area contributed by atoms with Crippen molar-refractivity contribution < 1.29 is 0 Å². The number of pyridine rings is 7. The van der Waals surface area contributed by atoms with Gasteiger partial charge in [-0.15, -0.1) is 0 Å². The van der Waals surface area contributed by atoms with Gasteiger partial charge in [0.2, 0.25) is 0 Å². The van der Waals surface area contributed by atoms with Crippen LogP contribution in [0.2, 0.25) is 0 Å². The number of hydrogen-bond acceptors (Lipinski definition) is 8. The summed E-state index contributed by atoms with van der Waals surface area (Å²) in [6.45, 7) is 0. The first-order valence-electron chi connectivity index (χ1n) is 26.5. The molecular weight excluding hydrogens is 1000 g/mol. The second-order valence-electron chi connectivity index (χ2n) is 20.4. The van der Waals surface area contributed by atoms with Gasteiger partial charge in [-0.1, -0.05) is 139 Å². The van der Waals surface area contributed by atoms with Crippen LogP contribution in [-0.2, 0) is 5.54 Å². The van der Waals surface area contributed by atoms with E-state index in [9.17, 15) is 0 Å². The van der Waals surface area contributed by atoms with E-state index in [1.807, 2.05) is 54.2 Å². The molecule has 0 saturated heterocycles. The SMILES string of the molecule is c1ccc2c(c1)Sc1cccc(C3(c4ccn5ccccc45)C(c4ccn5ccccc45)C(c4ccc5ccc6cccnc6c5n4)=C(c4ccc5ccc6cccnc6c5n4)N3c3cccc4ncc5ccccc5c34)c1S2. The van der Waals surface area contributed by atoms with Gasteiger partial charge >= 0.3 is 0 Å². The summed E-state index contributed by atoms with van der Waals surface area (Å²) in [5.41, 5.74) is 13.3. The maximum Gasteiger partial charge on any atom is 0.110 e. The van der Waals surface area contributed by atoms with Crippen molar-refractivity contribution in [3.8, 4) is 0 Å². The van der Waals surface area contributed by atoms with Crippen LogP contribution in [0, 0.1) is 0 Å². The van der Waals surface area contributed by atoms with E-state index in [-0.39, 0.29) is 0 Å². The Hall–Kier alpha value is -9.61. The Morgan fingerprint density at radius 1 is 0.418 bits per heavy atom. The molecule has 0 N–H and O–H groups in total. The average Bonchev–Trinajstić information content (AvgIpc) is 3.93. The van der Waals surface area contributed by atoms with Gasteiger partial charge in [0.1, 0.15) is 5.54 Å². The Labute approximate surface area is 461 Å². The lowest BCUT2D eigenvalue weighted by atomic mass is 9.68. The van der Waals surface area contributed by atoms with Crippen molar-refractivity contribution in [3.63, 3.8) is 0 Å². The molecule has 17 rings (SSSR count). The number of fused-ring (bicyclic) bond motifs is 13. The molecule has 0 saturated carbocycles. The van der Waals surface area contributed by atoms with Crippen molar-refractivity contribution in [1.82, 2.24) is 33.7 Å². The van der Waals surface area contributed by atoms with Gasteiger partial charge in [0.15, 0.2) is 0 Å². The molecule has 0 amide bonds. The van der Waals surface area contributed by atoms with Crippen LogP contribution in [0.15, 0.2) is 269 Å². The Bertz CT molecular complexity index is 5100. The minimum absolute atomic E-state index is 0.482. The molecule has 10 heteroatoms. The van der Waals surface area contributed by atoms with Crippen molar-refractivity contribution in [2.24, 2.45) is 0 Å². The van der Waals surface area contributed by atoms with Gasteiger partial charge in [0, 0.05) is 118 Å². The lowest BCUT2D eigenvalue weighted by Crippen LogP contribution is -2.47. The molecule has 15 aromatic rings. The number of anilines is 1. The molecule has 0 bridgehead atoms. The first kappa shape index (κ1) is 44.5. The summed E-state index contributed by atoms with van der Waals surface area (Å²) >= 11 is 3.71. The minimum Gasteiger partial charge on any atom is -0.324 e. The maximum absolute atomic E-state index is 5.95. The Kier molecular flexibility index (Phi) is 9.69. The molecule has 2 unspecified atom stereocenters. The van der Waals surface area contributed by atoms with Crippen LogP contribution in [0.25, 0.3) is 87.6 Å². The van der Waals surface area contributed by atoms with Crippen LogP contribution in [0.5, 0.6) is 0 Å². The molecule has 9 aromatic heterocycles.